The molecule has 1 N–H and O–H groups in total. The SMILES string of the molecule is COC(=O)c1ccc(NC(=O)CCN(C(C)=O)c2ccc3c(c2)OCO3)cc1. The number of rotatable bonds is 6. The summed E-state index contributed by atoms with van der Waals surface area (Å²) in [6, 6.07) is 11.6. The molecule has 0 saturated carbocycles. The molecule has 0 saturated heterocycles. The van der Waals surface area contributed by atoms with E-state index in [1.807, 2.05) is 0 Å². The second-order valence-corrected chi connectivity index (χ2v) is 6.08. The van der Waals surface area contributed by atoms with E-state index in [9.17, 15) is 14.4 Å². The van der Waals surface area contributed by atoms with Gasteiger partial charge in [0.25, 0.3) is 0 Å². The largest absolute Gasteiger partial charge is 0.465 e. The molecule has 0 radical (unpaired) electrons. The number of nitrogens with one attached hydrogen (secondary N) is 1. The zero-order valence-electron chi connectivity index (χ0n) is 15.6. The lowest BCUT2D eigenvalue weighted by atomic mass is 10.2. The first-order valence-electron chi connectivity index (χ1n) is 8.64. The zero-order chi connectivity index (χ0) is 20.1. The van der Waals surface area contributed by atoms with E-state index >= 15 is 0 Å². The highest BCUT2D eigenvalue weighted by Crippen LogP contribution is 2.35. The summed E-state index contributed by atoms with van der Waals surface area (Å²) < 4.78 is 15.2. The van der Waals surface area contributed by atoms with Gasteiger partial charge in [0, 0.05) is 37.3 Å². The third-order valence-corrected chi connectivity index (χ3v) is 4.20. The molecular formula is C20H20N2O6. The summed E-state index contributed by atoms with van der Waals surface area (Å²) in [6.07, 6.45) is 0.104. The molecule has 0 aromatic heterocycles. The summed E-state index contributed by atoms with van der Waals surface area (Å²) >= 11 is 0. The summed E-state index contributed by atoms with van der Waals surface area (Å²) in [5.74, 6) is 0.310. The molecule has 2 amide bonds. The number of anilines is 2. The molecular weight excluding hydrogens is 364 g/mol. The number of nitrogens with zero attached hydrogens (tertiary/aromatic N) is 1. The van der Waals surface area contributed by atoms with Crippen molar-refractivity contribution in [2.24, 2.45) is 0 Å². The standard InChI is InChI=1S/C20H20N2O6/c1-13(23)22(16-7-8-17-18(11-16)28-12-27-17)10-9-19(24)21-15-5-3-14(4-6-15)20(25)26-2/h3-8,11H,9-10,12H2,1-2H3,(H,21,24). The van der Waals surface area contributed by atoms with Gasteiger partial charge in [-0.05, 0) is 36.4 Å². The number of hydrogen-bond donors (Lipinski definition) is 1. The molecule has 0 fully saturated rings. The number of ether oxygens (including phenoxy) is 3. The Labute approximate surface area is 162 Å². The molecule has 2 aromatic carbocycles. The summed E-state index contributed by atoms with van der Waals surface area (Å²) in [5, 5.41) is 2.74. The zero-order valence-corrected chi connectivity index (χ0v) is 15.6. The Morgan fingerprint density at radius 3 is 2.46 bits per heavy atom. The topological polar surface area (TPSA) is 94.2 Å². The number of hydrogen-bond acceptors (Lipinski definition) is 6. The maximum Gasteiger partial charge on any atom is 0.337 e. The van der Waals surface area contributed by atoms with Gasteiger partial charge in [0.15, 0.2) is 11.5 Å². The van der Waals surface area contributed by atoms with Crippen molar-refractivity contribution in [3.8, 4) is 11.5 Å². The number of benzene rings is 2. The number of fused-ring (bicyclic) bond motifs is 1. The molecule has 0 atom stereocenters. The first kappa shape index (κ1) is 19.2. The Kier molecular flexibility index (Phi) is 5.78. The van der Waals surface area contributed by atoms with Crippen molar-refractivity contribution in [3.63, 3.8) is 0 Å². The Morgan fingerprint density at radius 1 is 1.07 bits per heavy atom. The maximum atomic E-state index is 12.2. The predicted molar refractivity (Wildman–Crippen MR) is 102 cm³/mol. The van der Waals surface area contributed by atoms with Crippen LogP contribution < -0.4 is 19.7 Å². The molecule has 2 aromatic rings. The molecule has 1 heterocycles. The van der Waals surface area contributed by atoms with E-state index in [1.165, 1.54) is 18.9 Å². The van der Waals surface area contributed by atoms with Crippen molar-refractivity contribution in [1.82, 2.24) is 0 Å². The van der Waals surface area contributed by atoms with Crippen LogP contribution in [0.5, 0.6) is 11.5 Å². The third kappa shape index (κ3) is 4.40. The van der Waals surface area contributed by atoms with Crippen molar-refractivity contribution in [2.45, 2.75) is 13.3 Å². The number of methoxy groups -OCH3 is 1. The molecule has 0 spiro atoms. The highest BCUT2D eigenvalue weighted by molar-refractivity contribution is 5.95. The minimum absolute atomic E-state index is 0.104. The lowest BCUT2D eigenvalue weighted by Gasteiger charge is -2.21. The van der Waals surface area contributed by atoms with E-state index in [1.54, 1.807) is 42.5 Å². The molecule has 8 nitrogen and oxygen atoms in total. The normalized spacial score (nSPS) is 11.6. The van der Waals surface area contributed by atoms with Crippen LogP contribution in [0.4, 0.5) is 11.4 Å². The first-order chi connectivity index (χ1) is 13.5. The highest BCUT2D eigenvalue weighted by Gasteiger charge is 2.19. The van der Waals surface area contributed by atoms with Gasteiger partial charge in [-0.2, -0.15) is 0 Å². The summed E-state index contributed by atoms with van der Waals surface area (Å²) in [5.41, 5.74) is 1.58. The van der Waals surface area contributed by atoms with Gasteiger partial charge in [0.1, 0.15) is 0 Å². The Balaban J connectivity index is 1.60. The van der Waals surface area contributed by atoms with Crippen LogP contribution in [0.1, 0.15) is 23.7 Å². The van der Waals surface area contributed by atoms with Gasteiger partial charge in [-0.3, -0.25) is 9.59 Å². The van der Waals surface area contributed by atoms with Gasteiger partial charge in [0.05, 0.1) is 12.7 Å². The minimum Gasteiger partial charge on any atom is -0.465 e. The minimum atomic E-state index is -0.446. The molecule has 1 aliphatic rings. The molecule has 28 heavy (non-hydrogen) atoms. The predicted octanol–water partition coefficient (Wildman–Crippen LogP) is 2.58. The van der Waals surface area contributed by atoms with E-state index in [0.29, 0.717) is 28.4 Å². The van der Waals surface area contributed by atoms with E-state index in [2.05, 4.69) is 10.1 Å². The van der Waals surface area contributed by atoms with Gasteiger partial charge in [-0.15, -0.1) is 0 Å². The van der Waals surface area contributed by atoms with Crippen LogP contribution in [0.25, 0.3) is 0 Å². The van der Waals surface area contributed by atoms with E-state index in [-0.39, 0.29) is 31.6 Å². The average molecular weight is 384 g/mol. The smallest absolute Gasteiger partial charge is 0.337 e. The summed E-state index contributed by atoms with van der Waals surface area (Å²) in [4.78, 5) is 37.2. The number of esters is 1. The van der Waals surface area contributed by atoms with Crippen LogP contribution in [0, 0.1) is 0 Å². The molecule has 146 valence electrons. The van der Waals surface area contributed by atoms with Crippen LogP contribution in [-0.4, -0.2) is 38.2 Å². The molecule has 3 rings (SSSR count). The quantitative estimate of drug-likeness (QED) is 0.770. The van der Waals surface area contributed by atoms with Gasteiger partial charge in [-0.1, -0.05) is 0 Å². The van der Waals surface area contributed by atoms with Crippen molar-refractivity contribution in [2.75, 3.05) is 30.7 Å². The van der Waals surface area contributed by atoms with Crippen molar-refractivity contribution in [1.29, 1.82) is 0 Å². The third-order valence-electron chi connectivity index (χ3n) is 4.20. The van der Waals surface area contributed by atoms with Crippen molar-refractivity contribution in [3.05, 3.63) is 48.0 Å². The molecule has 8 heteroatoms. The van der Waals surface area contributed by atoms with E-state index < -0.39 is 5.97 Å². The Morgan fingerprint density at radius 2 is 1.79 bits per heavy atom. The highest BCUT2D eigenvalue weighted by atomic mass is 16.7. The fourth-order valence-corrected chi connectivity index (χ4v) is 2.77. The van der Waals surface area contributed by atoms with Crippen LogP contribution >= 0.6 is 0 Å². The summed E-state index contributed by atoms with van der Waals surface area (Å²) in [6.45, 7) is 1.80. The van der Waals surface area contributed by atoms with Crippen LogP contribution in [0.2, 0.25) is 0 Å². The van der Waals surface area contributed by atoms with E-state index in [4.69, 9.17) is 9.47 Å². The molecule has 0 unspecified atom stereocenters. The molecule has 0 aliphatic carbocycles. The fraction of sp³-hybridized carbons (Fsp3) is 0.250. The Bertz CT molecular complexity index is 894. The molecule has 1 aliphatic heterocycles. The average Bonchev–Trinajstić information content (AvgIpc) is 3.16. The van der Waals surface area contributed by atoms with E-state index in [0.717, 1.165) is 0 Å². The Hall–Kier alpha value is -3.55. The van der Waals surface area contributed by atoms with Crippen molar-refractivity contribution < 1.29 is 28.6 Å². The van der Waals surface area contributed by atoms with Crippen LogP contribution in [0.3, 0.4) is 0 Å². The van der Waals surface area contributed by atoms with Gasteiger partial charge < -0.3 is 24.4 Å². The second kappa shape index (κ2) is 8.43. The summed E-state index contributed by atoms with van der Waals surface area (Å²) in [7, 11) is 1.30. The van der Waals surface area contributed by atoms with Crippen LogP contribution in [0.15, 0.2) is 42.5 Å². The van der Waals surface area contributed by atoms with Gasteiger partial charge >= 0.3 is 5.97 Å². The molecule has 0 bridgehead atoms. The van der Waals surface area contributed by atoms with Crippen molar-refractivity contribution >= 4 is 29.2 Å². The number of amides is 2. The van der Waals surface area contributed by atoms with Gasteiger partial charge in [0.2, 0.25) is 18.6 Å². The first-order valence-corrected chi connectivity index (χ1v) is 8.64. The number of carbonyl (C=O) groups is 3. The lowest BCUT2D eigenvalue weighted by Crippen LogP contribution is -2.31. The number of carbonyl (C=O) groups excluding carboxylic acids is 3. The monoisotopic (exact) mass is 384 g/mol. The maximum absolute atomic E-state index is 12.2. The van der Waals surface area contributed by atoms with Crippen LogP contribution in [-0.2, 0) is 14.3 Å². The second-order valence-electron chi connectivity index (χ2n) is 6.08. The lowest BCUT2D eigenvalue weighted by molar-refractivity contribution is -0.117. The fourth-order valence-electron chi connectivity index (χ4n) is 2.77. The van der Waals surface area contributed by atoms with Gasteiger partial charge in [-0.25, -0.2) is 4.79 Å².